The lowest BCUT2D eigenvalue weighted by Gasteiger charge is -2.28. The van der Waals surface area contributed by atoms with Gasteiger partial charge in [0, 0.05) is 0 Å². The molecule has 0 aliphatic heterocycles. The third-order valence-corrected chi connectivity index (χ3v) is 3.78. The van der Waals surface area contributed by atoms with Crippen LogP contribution in [-0.4, -0.2) is 11.2 Å². The molecule has 1 aromatic rings. The minimum Gasteiger partial charge on any atom is -0.393 e. The monoisotopic (exact) mass is 218 g/mol. The molecule has 0 fully saturated rings. The zero-order chi connectivity index (χ0) is 11.4. The Morgan fingerprint density at radius 3 is 2.81 bits per heavy atom. The van der Waals surface area contributed by atoms with E-state index < -0.39 is 0 Å². The lowest BCUT2D eigenvalue weighted by atomic mass is 9.80. The maximum absolute atomic E-state index is 10.1. The fraction of sp³-hybridized carbons (Fsp3) is 0.600. The van der Waals surface area contributed by atoms with E-state index in [1.807, 2.05) is 0 Å². The van der Waals surface area contributed by atoms with E-state index in [9.17, 15) is 5.11 Å². The van der Waals surface area contributed by atoms with Crippen molar-refractivity contribution < 1.29 is 5.11 Å². The number of hydrogen-bond acceptors (Lipinski definition) is 1. The summed E-state index contributed by atoms with van der Waals surface area (Å²) in [6.45, 7) is 2.18. The standard InChI is InChI=1S/C15H22O/c1-2-3-8-15(16)14-10-9-12-6-4-5-7-13(12)11-14/h4-7,14-16H,2-3,8-11H2,1H3. The highest BCUT2D eigenvalue weighted by molar-refractivity contribution is 5.29. The molecule has 0 radical (unpaired) electrons. The van der Waals surface area contributed by atoms with Crippen molar-refractivity contribution in [2.45, 2.75) is 51.6 Å². The van der Waals surface area contributed by atoms with Crippen LogP contribution >= 0.6 is 0 Å². The molecule has 1 N–H and O–H groups in total. The van der Waals surface area contributed by atoms with Gasteiger partial charge in [0.2, 0.25) is 0 Å². The molecule has 16 heavy (non-hydrogen) atoms. The molecule has 0 amide bonds. The summed E-state index contributed by atoms with van der Waals surface area (Å²) in [6.07, 6.45) is 6.59. The lowest BCUT2D eigenvalue weighted by Crippen LogP contribution is -2.26. The van der Waals surface area contributed by atoms with Crippen molar-refractivity contribution in [3.05, 3.63) is 35.4 Å². The van der Waals surface area contributed by atoms with Crippen LogP contribution in [0.2, 0.25) is 0 Å². The van der Waals surface area contributed by atoms with Crippen LogP contribution in [0, 0.1) is 5.92 Å². The number of hydrogen-bond donors (Lipinski definition) is 1. The van der Waals surface area contributed by atoms with E-state index in [2.05, 4.69) is 31.2 Å². The minimum absolute atomic E-state index is 0.0895. The smallest absolute Gasteiger partial charge is 0.0571 e. The van der Waals surface area contributed by atoms with E-state index in [0.717, 1.165) is 32.1 Å². The third kappa shape index (κ3) is 2.65. The van der Waals surface area contributed by atoms with E-state index in [1.54, 1.807) is 0 Å². The summed E-state index contributed by atoms with van der Waals surface area (Å²) < 4.78 is 0. The summed E-state index contributed by atoms with van der Waals surface area (Å²) in [6, 6.07) is 8.67. The molecule has 88 valence electrons. The Hall–Kier alpha value is -0.820. The fourth-order valence-electron chi connectivity index (χ4n) is 2.70. The van der Waals surface area contributed by atoms with Gasteiger partial charge >= 0.3 is 0 Å². The molecule has 1 aliphatic rings. The summed E-state index contributed by atoms with van der Waals surface area (Å²) in [5, 5.41) is 10.1. The van der Waals surface area contributed by atoms with Crippen LogP contribution in [-0.2, 0) is 12.8 Å². The first-order valence-electron chi connectivity index (χ1n) is 6.56. The zero-order valence-electron chi connectivity index (χ0n) is 10.2. The molecular weight excluding hydrogens is 196 g/mol. The average molecular weight is 218 g/mol. The molecule has 0 heterocycles. The van der Waals surface area contributed by atoms with Gasteiger partial charge in [0.15, 0.2) is 0 Å². The van der Waals surface area contributed by atoms with Crippen LogP contribution in [0.1, 0.15) is 43.7 Å². The summed E-state index contributed by atoms with van der Waals surface area (Å²) in [5.41, 5.74) is 2.94. The number of fused-ring (bicyclic) bond motifs is 1. The SMILES string of the molecule is CCCCC(O)C1CCc2ccccc2C1. The first-order chi connectivity index (χ1) is 7.81. The molecule has 1 nitrogen and oxygen atoms in total. The van der Waals surface area contributed by atoms with Crippen molar-refractivity contribution in [1.29, 1.82) is 0 Å². The van der Waals surface area contributed by atoms with Gasteiger partial charge in [-0.05, 0) is 42.7 Å². The van der Waals surface area contributed by atoms with Gasteiger partial charge in [0.25, 0.3) is 0 Å². The molecular formula is C15H22O. The van der Waals surface area contributed by atoms with E-state index in [4.69, 9.17) is 0 Å². The molecule has 2 unspecified atom stereocenters. The van der Waals surface area contributed by atoms with Crippen molar-refractivity contribution >= 4 is 0 Å². The van der Waals surface area contributed by atoms with Crippen molar-refractivity contribution in [3.63, 3.8) is 0 Å². The Morgan fingerprint density at radius 2 is 2.06 bits per heavy atom. The van der Waals surface area contributed by atoms with Crippen LogP contribution in [0.4, 0.5) is 0 Å². The minimum atomic E-state index is -0.0895. The summed E-state index contributed by atoms with van der Waals surface area (Å²) >= 11 is 0. The second-order valence-electron chi connectivity index (χ2n) is 4.98. The Labute approximate surface area is 98.5 Å². The van der Waals surface area contributed by atoms with Gasteiger partial charge in [-0.2, -0.15) is 0 Å². The lowest BCUT2D eigenvalue weighted by molar-refractivity contribution is 0.0886. The molecule has 0 spiro atoms. The highest BCUT2D eigenvalue weighted by Crippen LogP contribution is 2.28. The van der Waals surface area contributed by atoms with Gasteiger partial charge in [0.1, 0.15) is 0 Å². The van der Waals surface area contributed by atoms with E-state index in [0.29, 0.717) is 5.92 Å². The van der Waals surface area contributed by atoms with Gasteiger partial charge in [-0.25, -0.2) is 0 Å². The number of aryl methyl sites for hydroxylation is 1. The van der Waals surface area contributed by atoms with Gasteiger partial charge < -0.3 is 5.11 Å². The van der Waals surface area contributed by atoms with Gasteiger partial charge in [-0.3, -0.25) is 0 Å². The van der Waals surface area contributed by atoms with E-state index in [1.165, 1.54) is 17.5 Å². The Balaban J connectivity index is 1.97. The normalized spacial score (nSPS) is 21.5. The Morgan fingerprint density at radius 1 is 1.31 bits per heavy atom. The van der Waals surface area contributed by atoms with Crippen LogP contribution in [0.3, 0.4) is 0 Å². The predicted octanol–water partition coefficient (Wildman–Crippen LogP) is 3.34. The van der Waals surface area contributed by atoms with Gasteiger partial charge in [0.05, 0.1) is 6.10 Å². The van der Waals surface area contributed by atoms with E-state index in [-0.39, 0.29) is 6.10 Å². The third-order valence-electron chi connectivity index (χ3n) is 3.78. The molecule has 0 aromatic heterocycles. The van der Waals surface area contributed by atoms with Crippen molar-refractivity contribution in [2.24, 2.45) is 5.92 Å². The largest absolute Gasteiger partial charge is 0.393 e. The van der Waals surface area contributed by atoms with E-state index >= 15 is 0 Å². The summed E-state index contributed by atoms with van der Waals surface area (Å²) in [7, 11) is 0. The van der Waals surface area contributed by atoms with Gasteiger partial charge in [-0.15, -0.1) is 0 Å². The van der Waals surface area contributed by atoms with Crippen molar-refractivity contribution in [2.75, 3.05) is 0 Å². The van der Waals surface area contributed by atoms with Crippen molar-refractivity contribution in [3.8, 4) is 0 Å². The molecule has 1 heteroatoms. The maximum Gasteiger partial charge on any atom is 0.0571 e. The molecule has 0 saturated carbocycles. The predicted molar refractivity (Wildman–Crippen MR) is 67.5 cm³/mol. The number of benzene rings is 1. The summed E-state index contributed by atoms with van der Waals surface area (Å²) in [5.74, 6) is 0.487. The molecule has 2 rings (SSSR count). The van der Waals surface area contributed by atoms with Crippen LogP contribution in [0.15, 0.2) is 24.3 Å². The zero-order valence-corrected chi connectivity index (χ0v) is 10.2. The highest BCUT2D eigenvalue weighted by Gasteiger charge is 2.23. The first-order valence-corrected chi connectivity index (χ1v) is 6.56. The molecule has 1 aromatic carbocycles. The van der Waals surface area contributed by atoms with Gasteiger partial charge in [-0.1, -0.05) is 44.0 Å². The second-order valence-corrected chi connectivity index (χ2v) is 4.98. The quantitative estimate of drug-likeness (QED) is 0.821. The molecule has 0 saturated heterocycles. The highest BCUT2D eigenvalue weighted by atomic mass is 16.3. The van der Waals surface area contributed by atoms with Crippen molar-refractivity contribution in [1.82, 2.24) is 0 Å². The number of aliphatic hydroxyl groups is 1. The Bertz CT molecular complexity index is 332. The number of rotatable bonds is 4. The maximum atomic E-state index is 10.1. The Kier molecular flexibility index (Phi) is 4.00. The second kappa shape index (κ2) is 5.49. The number of aliphatic hydroxyl groups excluding tert-OH is 1. The molecule has 0 bridgehead atoms. The topological polar surface area (TPSA) is 20.2 Å². The first kappa shape index (κ1) is 11.7. The molecule has 2 atom stereocenters. The van der Waals surface area contributed by atoms with Crippen LogP contribution < -0.4 is 0 Å². The van der Waals surface area contributed by atoms with Crippen LogP contribution in [0.25, 0.3) is 0 Å². The van der Waals surface area contributed by atoms with Crippen LogP contribution in [0.5, 0.6) is 0 Å². The fourth-order valence-corrected chi connectivity index (χ4v) is 2.70. The summed E-state index contributed by atoms with van der Waals surface area (Å²) in [4.78, 5) is 0. The number of unbranched alkanes of at least 4 members (excludes halogenated alkanes) is 1. The average Bonchev–Trinajstić information content (AvgIpc) is 2.35. The molecule has 1 aliphatic carbocycles.